The maximum absolute atomic E-state index is 13.7. The summed E-state index contributed by atoms with van der Waals surface area (Å²) in [4.78, 5) is 17.9. The number of likely N-dealkylation sites (tertiary alicyclic amines) is 1. The Morgan fingerprint density at radius 3 is 2.23 bits per heavy atom. The van der Waals surface area contributed by atoms with Gasteiger partial charge in [0.2, 0.25) is 26.0 Å². The van der Waals surface area contributed by atoms with E-state index in [1.807, 2.05) is 6.07 Å². The molecule has 0 radical (unpaired) electrons. The molecule has 0 unspecified atom stereocenters. The highest BCUT2D eigenvalue weighted by molar-refractivity contribution is 7.89. The normalized spacial score (nSPS) is 18.1. The molecule has 4 rings (SSSR count). The number of ether oxygens (including phenoxy) is 1. The number of carbonyl (C=O) groups is 1. The average molecular weight is 676 g/mol. The number of sulfonamides is 2. The van der Waals surface area contributed by atoms with Crippen LogP contribution in [0.5, 0.6) is 5.75 Å². The minimum atomic E-state index is -3.88. The molecule has 0 aliphatic carbocycles. The highest BCUT2D eigenvalue weighted by Gasteiger charge is 2.32. The van der Waals surface area contributed by atoms with Crippen molar-refractivity contribution in [1.29, 1.82) is 0 Å². The molecule has 2 aromatic rings. The zero-order valence-electron chi connectivity index (χ0n) is 24.5. The molecule has 2 aliphatic rings. The Balaban J connectivity index is 1.33. The minimum absolute atomic E-state index is 0.00645. The molecule has 2 aliphatic heterocycles. The monoisotopic (exact) mass is 674 g/mol. The lowest BCUT2D eigenvalue weighted by Crippen LogP contribution is -2.45. The lowest BCUT2D eigenvalue weighted by Gasteiger charge is -2.35. The fourth-order valence-electron chi connectivity index (χ4n) is 5.94. The number of benzene rings is 2. The Bertz CT molecular complexity index is 1510. The number of hydrogen-bond acceptors (Lipinski definition) is 7. The molecule has 0 bridgehead atoms. The van der Waals surface area contributed by atoms with Crippen LogP contribution in [0.3, 0.4) is 0 Å². The summed E-state index contributed by atoms with van der Waals surface area (Å²) in [6, 6.07) is 10.3. The maximum Gasteiger partial charge on any atom is 0.241 e. The Morgan fingerprint density at radius 1 is 0.977 bits per heavy atom. The van der Waals surface area contributed by atoms with Gasteiger partial charge in [0.05, 0.1) is 23.4 Å². The number of hydrogen-bond donors (Lipinski definition) is 1. The summed E-state index contributed by atoms with van der Waals surface area (Å²) in [5.41, 5.74) is 1.60. The van der Waals surface area contributed by atoms with Crippen molar-refractivity contribution in [3.8, 4) is 5.75 Å². The van der Waals surface area contributed by atoms with Gasteiger partial charge in [-0.1, -0.05) is 29.3 Å². The van der Waals surface area contributed by atoms with Crippen molar-refractivity contribution in [2.75, 3.05) is 57.5 Å². The molecule has 0 atom stereocenters. The number of methoxy groups -OCH3 is 1. The van der Waals surface area contributed by atoms with Crippen molar-refractivity contribution in [2.24, 2.45) is 17.0 Å². The third-order valence-electron chi connectivity index (χ3n) is 8.38. The van der Waals surface area contributed by atoms with Gasteiger partial charge in [0.15, 0.2) is 0 Å². The van der Waals surface area contributed by atoms with Crippen molar-refractivity contribution in [3.05, 3.63) is 52.0 Å². The standard InChI is InChI=1S/C29H40Cl2N4O6S2/c1-41-27-7-4-22(19-28(27)43(32,39)40)18-21-8-14-33(15-9-21)12-3-13-35(24-5-6-25(30)26(31)20-24)29(36)23-10-16-34(17-11-23)42(2,37)38/h4-7,19-21,23H,3,8-18H2,1-2H3,(H2,32,39,40). The molecule has 14 heteroatoms. The predicted octanol–water partition coefficient (Wildman–Crippen LogP) is 4.00. The first-order valence-corrected chi connectivity index (χ1v) is 18.5. The molecule has 0 spiro atoms. The van der Waals surface area contributed by atoms with Crippen LogP contribution in [0.1, 0.15) is 37.7 Å². The van der Waals surface area contributed by atoms with Gasteiger partial charge in [0.25, 0.3) is 0 Å². The van der Waals surface area contributed by atoms with Gasteiger partial charge in [0, 0.05) is 31.2 Å². The fraction of sp³-hybridized carbons (Fsp3) is 0.552. The predicted molar refractivity (Wildman–Crippen MR) is 170 cm³/mol. The zero-order chi connectivity index (χ0) is 31.4. The Kier molecular flexibility index (Phi) is 11.4. The summed E-state index contributed by atoms with van der Waals surface area (Å²) in [7, 11) is -5.74. The van der Waals surface area contributed by atoms with Gasteiger partial charge in [-0.2, -0.15) is 0 Å². The van der Waals surface area contributed by atoms with E-state index in [4.69, 9.17) is 33.1 Å². The van der Waals surface area contributed by atoms with Crippen LogP contribution < -0.4 is 14.8 Å². The van der Waals surface area contributed by atoms with E-state index < -0.39 is 20.0 Å². The highest BCUT2D eigenvalue weighted by atomic mass is 35.5. The van der Waals surface area contributed by atoms with E-state index in [-0.39, 0.29) is 22.5 Å². The van der Waals surface area contributed by atoms with Gasteiger partial charge in [-0.25, -0.2) is 26.3 Å². The molecule has 43 heavy (non-hydrogen) atoms. The zero-order valence-corrected chi connectivity index (χ0v) is 27.7. The van der Waals surface area contributed by atoms with Gasteiger partial charge < -0.3 is 14.5 Å². The third-order valence-corrected chi connectivity index (χ3v) is 11.3. The second-order valence-electron chi connectivity index (χ2n) is 11.4. The molecular formula is C29H40Cl2N4O6S2. The Morgan fingerprint density at radius 2 is 1.65 bits per heavy atom. The van der Waals surface area contributed by atoms with E-state index in [1.165, 1.54) is 17.7 Å². The minimum Gasteiger partial charge on any atom is -0.495 e. The number of carbonyl (C=O) groups excluding carboxylic acids is 1. The quantitative estimate of drug-likeness (QED) is 0.381. The molecule has 2 fully saturated rings. The van der Waals surface area contributed by atoms with Crippen LogP contribution in [0.4, 0.5) is 5.69 Å². The van der Waals surface area contributed by atoms with Crippen molar-refractivity contribution < 1.29 is 26.4 Å². The van der Waals surface area contributed by atoms with Crippen molar-refractivity contribution >= 4 is 54.8 Å². The average Bonchev–Trinajstić information content (AvgIpc) is 2.96. The van der Waals surface area contributed by atoms with Gasteiger partial charge in [0.1, 0.15) is 10.6 Å². The number of anilines is 1. The van der Waals surface area contributed by atoms with E-state index in [0.29, 0.717) is 54.1 Å². The summed E-state index contributed by atoms with van der Waals surface area (Å²) in [6.07, 6.45) is 5.63. The summed E-state index contributed by atoms with van der Waals surface area (Å²) in [5.74, 6) is 0.374. The Hall–Kier alpha value is -1.93. The molecule has 0 aromatic heterocycles. The number of halogens is 2. The largest absolute Gasteiger partial charge is 0.495 e. The van der Waals surface area contributed by atoms with Gasteiger partial charge >= 0.3 is 0 Å². The van der Waals surface area contributed by atoms with E-state index in [1.54, 1.807) is 35.2 Å². The van der Waals surface area contributed by atoms with E-state index >= 15 is 0 Å². The smallest absolute Gasteiger partial charge is 0.241 e. The molecule has 1 amide bonds. The third kappa shape index (κ3) is 9.06. The SMILES string of the molecule is COc1ccc(CC2CCN(CCCN(C(=O)C3CCN(S(C)(=O)=O)CC3)c3ccc(Cl)c(Cl)c3)CC2)cc1S(N)(=O)=O. The second kappa shape index (κ2) is 14.4. The van der Waals surface area contributed by atoms with Gasteiger partial charge in [-0.05, 0) is 100.0 Å². The molecule has 2 N–H and O–H groups in total. The van der Waals surface area contributed by atoms with Crippen LogP contribution in [0.25, 0.3) is 0 Å². The number of piperidine rings is 2. The van der Waals surface area contributed by atoms with Gasteiger partial charge in [-0.15, -0.1) is 0 Å². The molecule has 2 heterocycles. The molecule has 238 valence electrons. The summed E-state index contributed by atoms with van der Waals surface area (Å²) >= 11 is 12.4. The van der Waals surface area contributed by atoms with E-state index in [9.17, 15) is 21.6 Å². The molecule has 2 aromatic carbocycles. The molecule has 10 nitrogen and oxygen atoms in total. The first-order valence-electron chi connectivity index (χ1n) is 14.4. The number of amides is 1. The highest BCUT2D eigenvalue weighted by Crippen LogP contribution is 2.31. The van der Waals surface area contributed by atoms with Crippen LogP contribution in [-0.2, 0) is 31.3 Å². The van der Waals surface area contributed by atoms with Gasteiger partial charge in [-0.3, -0.25) is 4.79 Å². The maximum atomic E-state index is 13.7. The molecule has 2 saturated heterocycles. The van der Waals surface area contributed by atoms with Crippen LogP contribution in [0.2, 0.25) is 10.0 Å². The Labute approximate surface area is 265 Å². The number of nitrogens with zero attached hydrogens (tertiary/aromatic N) is 3. The van der Waals surface area contributed by atoms with Crippen molar-refractivity contribution in [3.63, 3.8) is 0 Å². The molecular weight excluding hydrogens is 635 g/mol. The summed E-state index contributed by atoms with van der Waals surface area (Å²) in [6.45, 7) is 3.81. The van der Waals surface area contributed by atoms with Crippen LogP contribution in [-0.4, -0.2) is 84.6 Å². The second-order valence-corrected chi connectivity index (χ2v) is 15.7. The fourth-order valence-corrected chi connectivity index (χ4v) is 7.86. The van der Waals surface area contributed by atoms with Crippen molar-refractivity contribution in [1.82, 2.24) is 9.21 Å². The lowest BCUT2D eigenvalue weighted by molar-refractivity contribution is -0.123. The number of nitrogens with two attached hydrogens (primary N) is 1. The first-order chi connectivity index (χ1) is 20.3. The number of primary sulfonamides is 1. The first kappa shape index (κ1) is 34.0. The summed E-state index contributed by atoms with van der Waals surface area (Å²) < 4.78 is 54.4. The van der Waals surface area contributed by atoms with Crippen LogP contribution >= 0.6 is 23.2 Å². The topological polar surface area (TPSA) is 130 Å². The number of rotatable bonds is 11. The van der Waals surface area contributed by atoms with Crippen LogP contribution in [0, 0.1) is 11.8 Å². The van der Waals surface area contributed by atoms with E-state index in [0.717, 1.165) is 50.9 Å². The van der Waals surface area contributed by atoms with Crippen LogP contribution in [0.15, 0.2) is 41.3 Å². The molecule has 0 saturated carbocycles. The lowest BCUT2D eigenvalue weighted by atomic mass is 9.90. The summed E-state index contributed by atoms with van der Waals surface area (Å²) in [5, 5.41) is 6.17. The van der Waals surface area contributed by atoms with Crippen molar-refractivity contribution in [2.45, 2.75) is 43.4 Å². The van der Waals surface area contributed by atoms with E-state index in [2.05, 4.69) is 4.90 Å².